The zero-order valence-corrected chi connectivity index (χ0v) is 17.6. The molecular weight excluding hydrogens is 404 g/mol. The first kappa shape index (κ1) is 21.1. The average molecular weight is 431 g/mol. The molecule has 4 rings (SSSR count). The molecule has 1 aromatic heterocycles. The van der Waals surface area contributed by atoms with Gasteiger partial charge in [0.05, 0.1) is 36.9 Å². The highest BCUT2D eigenvalue weighted by atomic mass is 35.5. The number of hydrogen-bond acceptors (Lipinski definition) is 6. The maximum atomic E-state index is 12.5. The first-order valence-corrected chi connectivity index (χ1v) is 10.8. The molecule has 2 aromatic rings. The summed E-state index contributed by atoms with van der Waals surface area (Å²) >= 11 is 6.42. The van der Waals surface area contributed by atoms with Crippen LogP contribution in [0.15, 0.2) is 36.5 Å². The maximum Gasteiger partial charge on any atom is 0.229 e. The summed E-state index contributed by atoms with van der Waals surface area (Å²) in [6.45, 7) is 4.23. The number of carbonyl (C=O) groups excluding carboxylic acids is 1. The van der Waals surface area contributed by atoms with Crippen molar-refractivity contribution in [2.45, 2.75) is 18.9 Å². The Labute approximate surface area is 181 Å². The van der Waals surface area contributed by atoms with E-state index in [-0.39, 0.29) is 17.9 Å². The molecule has 1 unspecified atom stereocenters. The van der Waals surface area contributed by atoms with E-state index >= 15 is 0 Å². The second kappa shape index (κ2) is 10.2. The van der Waals surface area contributed by atoms with Gasteiger partial charge in [-0.1, -0.05) is 23.7 Å². The van der Waals surface area contributed by atoms with E-state index in [0.29, 0.717) is 43.8 Å². The first-order valence-electron chi connectivity index (χ1n) is 10.4. The van der Waals surface area contributed by atoms with Gasteiger partial charge in [0.2, 0.25) is 5.91 Å². The number of hydrogen-bond donors (Lipinski definition) is 3. The molecule has 0 aliphatic carbocycles. The summed E-state index contributed by atoms with van der Waals surface area (Å²) in [5.74, 6) is 0.474. The van der Waals surface area contributed by atoms with Crippen molar-refractivity contribution in [2.24, 2.45) is 5.92 Å². The number of amides is 1. The second-order valence-corrected chi connectivity index (χ2v) is 8.02. The lowest BCUT2D eigenvalue weighted by atomic mass is 9.99. The van der Waals surface area contributed by atoms with E-state index in [4.69, 9.17) is 21.1 Å². The third-order valence-electron chi connectivity index (χ3n) is 5.37. The molecule has 1 amide bonds. The summed E-state index contributed by atoms with van der Waals surface area (Å²) in [5.41, 5.74) is 2.74. The highest BCUT2D eigenvalue weighted by Crippen LogP contribution is 2.31. The number of aromatic nitrogens is 1. The Hall–Kier alpha value is -2.19. The van der Waals surface area contributed by atoms with Crippen LogP contribution in [0, 0.1) is 5.92 Å². The van der Waals surface area contributed by atoms with Crippen LogP contribution in [0.1, 0.15) is 12.8 Å². The molecule has 2 aliphatic heterocycles. The van der Waals surface area contributed by atoms with E-state index < -0.39 is 0 Å². The number of halogens is 1. The minimum Gasteiger partial charge on any atom is -0.382 e. The van der Waals surface area contributed by atoms with Crippen LogP contribution in [0.25, 0.3) is 11.1 Å². The van der Waals surface area contributed by atoms with Crippen LogP contribution >= 0.6 is 11.6 Å². The van der Waals surface area contributed by atoms with Crippen molar-refractivity contribution in [3.8, 4) is 11.1 Å². The van der Waals surface area contributed by atoms with Gasteiger partial charge in [0.25, 0.3) is 0 Å². The Bertz CT molecular complexity index is 867. The molecule has 2 aliphatic rings. The van der Waals surface area contributed by atoms with Crippen LogP contribution in [0.4, 0.5) is 11.5 Å². The van der Waals surface area contributed by atoms with Gasteiger partial charge >= 0.3 is 0 Å². The maximum absolute atomic E-state index is 12.5. The average Bonchev–Trinajstić information content (AvgIpc) is 2.80. The third kappa shape index (κ3) is 5.49. The summed E-state index contributed by atoms with van der Waals surface area (Å²) in [6.07, 6.45) is 3.53. The van der Waals surface area contributed by atoms with Gasteiger partial charge in [-0.2, -0.15) is 0 Å². The van der Waals surface area contributed by atoms with Crippen LogP contribution in [-0.4, -0.2) is 56.5 Å². The molecule has 0 bridgehead atoms. The highest BCUT2D eigenvalue weighted by molar-refractivity contribution is 6.33. The van der Waals surface area contributed by atoms with Crippen molar-refractivity contribution in [3.63, 3.8) is 0 Å². The normalized spacial score (nSPS) is 21.8. The molecule has 30 heavy (non-hydrogen) atoms. The lowest BCUT2D eigenvalue weighted by Crippen LogP contribution is -2.37. The van der Waals surface area contributed by atoms with Crippen LogP contribution in [0.5, 0.6) is 0 Å². The number of rotatable bonds is 6. The van der Waals surface area contributed by atoms with Gasteiger partial charge < -0.3 is 25.4 Å². The summed E-state index contributed by atoms with van der Waals surface area (Å²) < 4.78 is 11.1. The van der Waals surface area contributed by atoms with Gasteiger partial charge in [0.15, 0.2) is 0 Å². The van der Waals surface area contributed by atoms with E-state index in [1.54, 1.807) is 6.20 Å². The molecule has 7 nitrogen and oxygen atoms in total. The fourth-order valence-electron chi connectivity index (χ4n) is 3.71. The predicted molar refractivity (Wildman–Crippen MR) is 118 cm³/mol. The molecule has 3 heterocycles. The number of ether oxygens (including phenoxy) is 2. The zero-order valence-electron chi connectivity index (χ0n) is 16.8. The Morgan fingerprint density at radius 2 is 2.23 bits per heavy atom. The van der Waals surface area contributed by atoms with Gasteiger partial charge in [-0.05, 0) is 43.1 Å². The number of piperidine rings is 1. The number of nitrogens with one attached hydrogen (secondary N) is 3. The molecule has 0 radical (unpaired) electrons. The Morgan fingerprint density at radius 1 is 1.30 bits per heavy atom. The summed E-state index contributed by atoms with van der Waals surface area (Å²) in [5, 5.41) is 10.1. The summed E-state index contributed by atoms with van der Waals surface area (Å²) in [6, 6.07) is 9.82. The standard InChI is InChI=1S/C22H27ClN4O3/c23-20-13-26-21(27-22(28)16-4-2-6-24-11-16)10-19(20)15-3-1-5-17(9-15)25-12-18-14-29-7-8-30-18/h1,3,5,9-10,13,16,18,24-25H,2,4,6-8,11-12,14H2,(H,26,27,28)/t16-,18?/m1/s1. The minimum absolute atomic E-state index is 0.00640. The van der Waals surface area contributed by atoms with Gasteiger partial charge in [-0.3, -0.25) is 4.79 Å². The lowest BCUT2D eigenvalue weighted by Gasteiger charge is -2.23. The summed E-state index contributed by atoms with van der Waals surface area (Å²) in [7, 11) is 0. The van der Waals surface area contributed by atoms with Crippen molar-refractivity contribution in [2.75, 3.05) is 50.1 Å². The van der Waals surface area contributed by atoms with Crippen LogP contribution in [0.3, 0.4) is 0 Å². The fraction of sp³-hybridized carbons (Fsp3) is 0.455. The first-order chi connectivity index (χ1) is 14.7. The number of anilines is 2. The van der Waals surface area contributed by atoms with Gasteiger partial charge in [0, 0.05) is 30.5 Å². The SMILES string of the molecule is O=C(Nc1cc(-c2cccc(NCC3COCCO3)c2)c(Cl)cn1)[C@@H]1CCCNC1. The van der Waals surface area contributed by atoms with E-state index in [9.17, 15) is 4.79 Å². The number of pyridine rings is 1. The fourth-order valence-corrected chi connectivity index (χ4v) is 3.93. The topological polar surface area (TPSA) is 84.5 Å². The molecule has 2 saturated heterocycles. The summed E-state index contributed by atoms with van der Waals surface area (Å²) in [4.78, 5) is 16.8. The number of nitrogens with zero attached hydrogens (tertiary/aromatic N) is 1. The van der Waals surface area contributed by atoms with E-state index in [1.165, 1.54) is 0 Å². The van der Waals surface area contributed by atoms with Gasteiger partial charge in [-0.25, -0.2) is 4.98 Å². The molecule has 0 saturated carbocycles. The molecule has 2 fully saturated rings. The number of carbonyl (C=O) groups is 1. The molecular formula is C22H27ClN4O3. The predicted octanol–water partition coefficient (Wildman–Crippen LogP) is 3.17. The lowest BCUT2D eigenvalue weighted by molar-refractivity contribution is -0.120. The van der Waals surface area contributed by atoms with Crippen molar-refractivity contribution in [3.05, 3.63) is 41.6 Å². The van der Waals surface area contributed by atoms with Gasteiger partial charge in [0.1, 0.15) is 5.82 Å². The largest absolute Gasteiger partial charge is 0.382 e. The monoisotopic (exact) mass is 430 g/mol. The minimum atomic E-state index is -0.0295. The molecule has 2 atom stereocenters. The third-order valence-corrected chi connectivity index (χ3v) is 5.67. The molecule has 3 N–H and O–H groups in total. The second-order valence-electron chi connectivity index (χ2n) is 7.61. The molecule has 8 heteroatoms. The van der Waals surface area contributed by atoms with Crippen LogP contribution < -0.4 is 16.0 Å². The van der Waals surface area contributed by atoms with Crippen molar-refractivity contribution < 1.29 is 14.3 Å². The highest BCUT2D eigenvalue weighted by Gasteiger charge is 2.21. The molecule has 0 spiro atoms. The Morgan fingerprint density at radius 3 is 3.03 bits per heavy atom. The van der Waals surface area contributed by atoms with Crippen molar-refractivity contribution in [1.82, 2.24) is 10.3 Å². The zero-order chi connectivity index (χ0) is 20.8. The van der Waals surface area contributed by atoms with Crippen LogP contribution in [0.2, 0.25) is 5.02 Å². The van der Waals surface area contributed by atoms with Crippen molar-refractivity contribution >= 4 is 29.0 Å². The van der Waals surface area contributed by atoms with Crippen molar-refractivity contribution in [1.29, 1.82) is 0 Å². The van der Waals surface area contributed by atoms with E-state index in [2.05, 4.69) is 20.9 Å². The van der Waals surface area contributed by atoms with Crippen LogP contribution in [-0.2, 0) is 14.3 Å². The van der Waals surface area contributed by atoms with E-state index in [0.717, 1.165) is 36.2 Å². The Kier molecular flexibility index (Phi) is 7.17. The molecule has 1 aromatic carbocycles. The Balaban J connectivity index is 1.45. The quantitative estimate of drug-likeness (QED) is 0.652. The number of benzene rings is 1. The smallest absolute Gasteiger partial charge is 0.229 e. The van der Waals surface area contributed by atoms with Gasteiger partial charge in [-0.15, -0.1) is 0 Å². The van der Waals surface area contributed by atoms with E-state index in [1.807, 2.05) is 30.3 Å². The molecule has 160 valence electrons.